The van der Waals surface area contributed by atoms with Crippen molar-refractivity contribution in [2.75, 3.05) is 17.2 Å². The molecule has 0 bridgehead atoms. The van der Waals surface area contributed by atoms with Crippen molar-refractivity contribution in [2.24, 2.45) is 0 Å². The second kappa shape index (κ2) is 8.57. The van der Waals surface area contributed by atoms with Crippen LogP contribution in [0.3, 0.4) is 0 Å². The van der Waals surface area contributed by atoms with E-state index in [0.717, 1.165) is 6.42 Å². The monoisotopic (exact) mass is 365 g/mol. The van der Waals surface area contributed by atoms with Gasteiger partial charge in [0.1, 0.15) is 0 Å². The zero-order chi connectivity index (χ0) is 17.5. The number of carbonyl (C=O) groups is 2. The second-order valence-electron chi connectivity index (χ2n) is 5.04. The molecule has 3 amide bonds. The van der Waals surface area contributed by atoms with E-state index in [9.17, 15) is 9.59 Å². The Balaban J connectivity index is 1.94. The Morgan fingerprint density at radius 3 is 2.17 bits per heavy atom. The Hall–Kier alpha value is -2.24. The minimum Gasteiger partial charge on any atom is -0.352 e. The van der Waals surface area contributed by atoms with Crippen LogP contribution in [0.2, 0.25) is 10.0 Å². The van der Waals surface area contributed by atoms with Crippen molar-refractivity contribution in [1.29, 1.82) is 0 Å². The fourth-order valence-electron chi connectivity index (χ4n) is 1.91. The molecule has 0 spiro atoms. The van der Waals surface area contributed by atoms with Gasteiger partial charge in [0.25, 0.3) is 5.91 Å². The zero-order valence-corrected chi connectivity index (χ0v) is 14.5. The molecule has 0 unspecified atom stereocenters. The first-order valence-electron chi connectivity index (χ1n) is 7.41. The van der Waals surface area contributed by atoms with Crippen molar-refractivity contribution in [3.05, 3.63) is 58.1 Å². The molecule has 0 radical (unpaired) electrons. The Morgan fingerprint density at radius 1 is 0.917 bits per heavy atom. The molecular weight excluding hydrogens is 349 g/mol. The summed E-state index contributed by atoms with van der Waals surface area (Å²) in [6.45, 7) is 2.62. The quantitative estimate of drug-likeness (QED) is 0.713. The minimum atomic E-state index is -0.420. The van der Waals surface area contributed by atoms with Crippen LogP contribution in [-0.4, -0.2) is 18.5 Å². The van der Waals surface area contributed by atoms with Gasteiger partial charge >= 0.3 is 6.03 Å². The maximum Gasteiger partial charge on any atom is 0.323 e. The van der Waals surface area contributed by atoms with Crippen molar-refractivity contribution in [1.82, 2.24) is 5.32 Å². The molecule has 0 fully saturated rings. The van der Waals surface area contributed by atoms with E-state index < -0.39 is 6.03 Å². The molecule has 0 saturated carbocycles. The van der Waals surface area contributed by atoms with Gasteiger partial charge < -0.3 is 16.0 Å². The fourth-order valence-corrected chi connectivity index (χ4v) is 2.21. The number of hydrogen-bond acceptors (Lipinski definition) is 2. The maximum absolute atomic E-state index is 12.0. The van der Waals surface area contributed by atoms with Crippen LogP contribution < -0.4 is 16.0 Å². The summed E-state index contributed by atoms with van der Waals surface area (Å²) in [5, 5.41) is 8.89. The van der Waals surface area contributed by atoms with E-state index in [2.05, 4.69) is 16.0 Å². The summed E-state index contributed by atoms with van der Waals surface area (Å²) in [7, 11) is 0. The van der Waals surface area contributed by atoms with Crippen LogP contribution in [0.5, 0.6) is 0 Å². The van der Waals surface area contributed by atoms with Gasteiger partial charge in [-0.3, -0.25) is 4.79 Å². The molecular formula is C17H17Cl2N3O2. The average molecular weight is 366 g/mol. The lowest BCUT2D eigenvalue weighted by Gasteiger charge is -2.09. The van der Waals surface area contributed by atoms with Crippen LogP contribution >= 0.6 is 23.2 Å². The first kappa shape index (κ1) is 18.1. The van der Waals surface area contributed by atoms with E-state index in [0.29, 0.717) is 33.5 Å². The Kier molecular flexibility index (Phi) is 6.46. The molecule has 5 nitrogen and oxygen atoms in total. The molecule has 24 heavy (non-hydrogen) atoms. The number of rotatable bonds is 5. The Labute approximate surface area is 150 Å². The molecule has 7 heteroatoms. The van der Waals surface area contributed by atoms with Gasteiger partial charge in [-0.1, -0.05) is 30.1 Å². The predicted molar refractivity (Wildman–Crippen MR) is 98.2 cm³/mol. The molecule has 0 heterocycles. The van der Waals surface area contributed by atoms with E-state index in [1.165, 1.54) is 0 Å². The highest BCUT2D eigenvalue weighted by molar-refractivity contribution is 6.42. The highest BCUT2D eigenvalue weighted by atomic mass is 35.5. The van der Waals surface area contributed by atoms with Crippen LogP contribution in [0.15, 0.2) is 42.5 Å². The van der Waals surface area contributed by atoms with Crippen molar-refractivity contribution < 1.29 is 9.59 Å². The molecule has 0 aliphatic heterocycles. The van der Waals surface area contributed by atoms with Crippen molar-refractivity contribution >= 4 is 46.5 Å². The number of urea groups is 1. The van der Waals surface area contributed by atoms with E-state index >= 15 is 0 Å². The van der Waals surface area contributed by atoms with Crippen molar-refractivity contribution in [3.63, 3.8) is 0 Å². The lowest BCUT2D eigenvalue weighted by atomic mass is 10.2. The lowest BCUT2D eigenvalue weighted by Crippen LogP contribution is -2.24. The van der Waals surface area contributed by atoms with Crippen LogP contribution in [-0.2, 0) is 0 Å². The van der Waals surface area contributed by atoms with E-state index in [1.807, 2.05) is 6.92 Å². The molecule has 126 valence electrons. The number of benzene rings is 2. The van der Waals surface area contributed by atoms with Gasteiger partial charge in [0.2, 0.25) is 0 Å². The first-order valence-corrected chi connectivity index (χ1v) is 8.16. The standard InChI is InChI=1S/C17H17Cl2N3O2/c1-2-9-20-16(23)11-3-5-12(6-4-11)21-17(24)22-13-7-8-14(18)15(19)10-13/h3-8,10H,2,9H2,1H3,(H,20,23)(H2,21,22,24). The highest BCUT2D eigenvalue weighted by Crippen LogP contribution is 2.25. The smallest absolute Gasteiger partial charge is 0.323 e. The van der Waals surface area contributed by atoms with E-state index in [4.69, 9.17) is 23.2 Å². The molecule has 2 aromatic rings. The summed E-state index contributed by atoms with van der Waals surface area (Å²) in [4.78, 5) is 23.8. The summed E-state index contributed by atoms with van der Waals surface area (Å²) in [6.07, 6.45) is 0.875. The van der Waals surface area contributed by atoms with Gasteiger partial charge in [0, 0.05) is 23.5 Å². The van der Waals surface area contributed by atoms with Crippen LogP contribution in [0.4, 0.5) is 16.2 Å². The number of hydrogen-bond donors (Lipinski definition) is 3. The third-order valence-electron chi connectivity index (χ3n) is 3.12. The largest absolute Gasteiger partial charge is 0.352 e. The van der Waals surface area contributed by atoms with Crippen molar-refractivity contribution in [3.8, 4) is 0 Å². The predicted octanol–water partition coefficient (Wildman–Crippen LogP) is 4.78. The molecule has 2 aromatic carbocycles. The minimum absolute atomic E-state index is 0.136. The summed E-state index contributed by atoms with van der Waals surface area (Å²) < 4.78 is 0. The van der Waals surface area contributed by atoms with E-state index in [1.54, 1.807) is 42.5 Å². The number of nitrogens with one attached hydrogen (secondary N) is 3. The van der Waals surface area contributed by atoms with Crippen LogP contribution in [0, 0.1) is 0 Å². The number of carbonyl (C=O) groups excluding carboxylic acids is 2. The molecule has 0 saturated heterocycles. The Bertz CT molecular complexity index is 733. The summed E-state index contributed by atoms with van der Waals surface area (Å²) in [6, 6.07) is 11.0. The average Bonchev–Trinajstić information content (AvgIpc) is 2.56. The molecule has 0 aliphatic carbocycles. The zero-order valence-electron chi connectivity index (χ0n) is 13.0. The van der Waals surface area contributed by atoms with Gasteiger partial charge in [0.15, 0.2) is 0 Å². The number of halogens is 2. The second-order valence-corrected chi connectivity index (χ2v) is 5.86. The highest BCUT2D eigenvalue weighted by Gasteiger charge is 2.07. The number of amides is 3. The van der Waals surface area contributed by atoms with Gasteiger partial charge in [0.05, 0.1) is 10.0 Å². The number of anilines is 2. The third-order valence-corrected chi connectivity index (χ3v) is 3.86. The summed E-state index contributed by atoms with van der Waals surface area (Å²) >= 11 is 11.7. The lowest BCUT2D eigenvalue weighted by molar-refractivity contribution is 0.0953. The molecule has 0 aliphatic rings. The fraction of sp³-hybridized carbons (Fsp3) is 0.176. The Morgan fingerprint density at radius 2 is 1.54 bits per heavy atom. The summed E-state index contributed by atoms with van der Waals surface area (Å²) in [5.41, 5.74) is 1.64. The molecule has 0 aromatic heterocycles. The van der Waals surface area contributed by atoms with Gasteiger partial charge in [-0.2, -0.15) is 0 Å². The molecule has 3 N–H and O–H groups in total. The van der Waals surface area contributed by atoms with Crippen LogP contribution in [0.1, 0.15) is 23.7 Å². The molecule has 2 rings (SSSR count). The van der Waals surface area contributed by atoms with Crippen molar-refractivity contribution in [2.45, 2.75) is 13.3 Å². The summed E-state index contributed by atoms with van der Waals surface area (Å²) in [5.74, 6) is -0.136. The normalized spacial score (nSPS) is 10.1. The molecule has 0 atom stereocenters. The van der Waals surface area contributed by atoms with Gasteiger partial charge in [-0.15, -0.1) is 0 Å². The SMILES string of the molecule is CCCNC(=O)c1ccc(NC(=O)Nc2ccc(Cl)c(Cl)c2)cc1. The van der Waals surface area contributed by atoms with Crippen LogP contribution in [0.25, 0.3) is 0 Å². The van der Waals surface area contributed by atoms with Gasteiger partial charge in [-0.05, 0) is 48.9 Å². The topological polar surface area (TPSA) is 70.2 Å². The van der Waals surface area contributed by atoms with Gasteiger partial charge in [-0.25, -0.2) is 4.79 Å². The third kappa shape index (κ3) is 5.15. The maximum atomic E-state index is 12.0. The van der Waals surface area contributed by atoms with E-state index in [-0.39, 0.29) is 5.91 Å². The first-order chi connectivity index (χ1) is 11.5.